The molecule has 9 heteroatoms. The highest BCUT2D eigenvalue weighted by atomic mass is 16.6. The molecule has 9 nitrogen and oxygen atoms in total. The van der Waals surface area contributed by atoms with Gasteiger partial charge < -0.3 is 19.7 Å². The molecule has 34 heavy (non-hydrogen) atoms. The lowest BCUT2D eigenvalue weighted by Gasteiger charge is -2.31. The number of benzene rings is 1. The number of nitrogens with zero attached hydrogens (tertiary/aromatic N) is 4. The highest BCUT2D eigenvalue weighted by Gasteiger charge is 2.30. The minimum atomic E-state index is -0.602. The van der Waals surface area contributed by atoms with E-state index in [0.717, 1.165) is 30.7 Å². The fraction of sp³-hybridized carbons (Fsp3) is 0.440. The monoisotopic (exact) mass is 464 g/mol. The summed E-state index contributed by atoms with van der Waals surface area (Å²) in [6.07, 6.45) is 4.94. The second-order valence-electron chi connectivity index (χ2n) is 9.36. The molecule has 2 atom stereocenters. The predicted molar refractivity (Wildman–Crippen MR) is 129 cm³/mol. The van der Waals surface area contributed by atoms with Crippen LogP contribution in [0.25, 0.3) is 11.4 Å². The standard InChI is InChI=1S/C25H32N6O3/c1-25(2,3)34-24(32)31(16-20-10-7-15-33-20)17-21(27-19-8-5-4-6-9-19)23-28-22(29-30-23)18-11-13-26-14-12-18/h4-6,8-9,11-14,20-21,27H,7,10,15-17H2,1-3H3,(H,28,29,30)/t20-,21?/m1/s1. The Hall–Kier alpha value is -3.46. The third-order valence-corrected chi connectivity index (χ3v) is 5.39. The van der Waals surface area contributed by atoms with Gasteiger partial charge in [-0.25, -0.2) is 9.78 Å². The van der Waals surface area contributed by atoms with Crippen molar-refractivity contribution in [3.8, 4) is 11.4 Å². The van der Waals surface area contributed by atoms with Gasteiger partial charge in [0, 0.05) is 30.3 Å². The van der Waals surface area contributed by atoms with Crippen LogP contribution in [-0.4, -0.2) is 62.6 Å². The van der Waals surface area contributed by atoms with E-state index in [4.69, 9.17) is 14.5 Å². The summed E-state index contributed by atoms with van der Waals surface area (Å²) in [7, 11) is 0. The molecule has 1 unspecified atom stereocenters. The van der Waals surface area contributed by atoms with Crippen LogP contribution < -0.4 is 5.32 Å². The SMILES string of the molecule is CC(C)(C)OC(=O)N(CC(Nc1ccccc1)c1nc(-c2ccncc2)n[nH]1)C[C@H]1CCCO1. The van der Waals surface area contributed by atoms with Crippen molar-refractivity contribution in [3.63, 3.8) is 0 Å². The fourth-order valence-corrected chi connectivity index (χ4v) is 3.80. The molecule has 0 saturated carbocycles. The van der Waals surface area contributed by atoms with Crippen LogP contribution in [0.5, 0.6) is 0 Å². The molecule has 0 aliphatic carbocycles. The first-order valence-electron chi connectivity index (χ1n) is 11.6. The summed E-state index contributed by atoms with van der Waals surface area (Å²) in [5.41, 5.74) is 1.17. The number of ether oxygens (including phenoxy) is 2. The lowest BCUT2D eigenvalue weighted by atomic mass is 10.2. The zero-order valence-corrected chi connectivity index (χ0v) is 19.9. The molecule has 1 amide bonds. The Morgan fingerprint density at radius 2 is 2.00 bits per heavy atom. The van der Waals surface area contributed by atoms with E-state index in [0.29, 0.717) is 24.7 Å². The number of hydrogen-bond acceptors (Lipinski definition) is 7. The first kappa shape index (κ1) is 23.7. The number of aromatic amines is 1. The van der Waals surface area contributed by atoms with Crippen molar-refractivity contribution in [2.24, 2.45) is 0 Å². The Kier molecular flexibility index (Phi) is 7.42. The Morgan fingerprint density at radius 3 is 2.68 bits per heavy atom. The summed E-state index contributed by atoms with van der Waals surface area (Å²) in [5, 5.41) is 11.0. The Morgan fingerprint density at radius 1 is 1.24 bits per heavy atom. The maximum Gasteiger partial charge on any atom is 0.410 e. The smallest absolute Gasteiger partial charge is 0.410 e. The number of carbonyl (C=O) groups is 1. The second-order valence-corrected chi connectivity index (χ2v) is 9.36. The maximum absolute atomic E-state index is 13.2. The number of carbonyl (C=O) groups excluding carboxylic acids is 1. The van der Waals surface area contributed by atoms with Gasteiger partial charge in [0.05, 0.1) is 19.2 Å². The van der Waals surface area contributed by atoms with E-state index in [2.05, 4.69) is 20.5 Å². The van der Waals surface area contributed by atoms with Crippen LogP contribution in [0.4, 0.5) is 10.5 Å². The van der Waals surface area contributed by atoms with Crippen molar-refractivity contribution in [2.45, 2.75) is 51.4 Å². The molecule has 1 aliphatic heterocycles. The largest absolute Gasteiger partial charge is 0.444 e. The van der Waals surface area contributed by atoms with Crippen molar-refractivity contribution in [1.82, 2.24) is 25.1 Å². The van der Waals surface area contributed by atoms with Gasteiger partial charge in [0.25, 0.3) is 0 Å². The molecule has 1 aliphatic rings. The fourth-order valence-electron chi connectivity index (χ4n) is 3.80. The van der Waals surface area contributed by atoms with E-state index in [9.17, 15) is 4.79 Å². The van der Waals surface area contributed by atoms with E-state index in [1.165, 1.54) is 0 Å². The molecule has 4 rings (SSSR count). The molecular formula is C25H32N6O3. The highest BCUT2D eigenvalue weighted by Crippen LogP contribution is 2.23. The zero-order valence-electron chi connectivity index (χ0n) is 19.9. The van der Waals surface area contributed by atoms with Crippen LogP contribution in [0.15, 0.2) is 54.9 Å². The Bertz CT molecular complexity index is 1050. The number of para-hydroxylation sites is 1. The molecule has 3 aromatic rings. The predicted octanol–water partition coefficient (Wildman–Crippen LogP) is 4.44. The van der Waals surface area contributed by atoms with Gasteiger partial charge in [0.15, 0.2) is 5.82 Å². The maximum atomic E-state index is 13.2. The number of hydrogen-bond donors (Lipinski definition) is 2. The average molecular weight is 465 g/mol. The van der Waals surface area contributed by atoms with Crippen molar-refractivity contribution in [2.75, 3.05) is 25.0 Å². The van der Waals surface area contributed by atoms with Crippen LogP contribution in [-0.2, 0) is 9.47 Å². The number of H-pyrrole nitrogens is 1. The quantitative estimate of drug-likeness (QED) is 0.508. The van der Waals surface area contributed by atoms with E-state index >= 15 is 0 Å². The molecule has 0 radical (unpaired) electrons. The third kappa shape index (κ3) is 6.54. The number of amides is 1. The van der Waals surface area contributed by atoms with Crippen molar-refractivity contribution in [3.05, 3.63) is 60.7 Å². The summed E-state index contributed by atoms with van der Waals surface area (Å²) < 4.78 is 11.5. The first-order chi connectivity index (χ1) is 16.4. The summed E-state index contributed by atoms with van der Waals surface area (Å²) in [5.74, 6) is 1.19. The van der Waals surface area contributed by atoms with Crippen LogP contribution >= 0.6 is 0 Å². The van der Waals surface area contributed by atoms with Crippen molar-refractivity contribution < 1.29 is 14.3 Å². The van der Waals surface area contributed by atoms with Gasteiger partial charge in [-0.05, 0) is 57.9 Å². The van der Waals surface area contributed by atoms with E-state index in [1.807, 2.05) is 63.2 Å². The number of aromatic nitrogens is 4. The third-order valence-electron chi connectivity index (χ3n) is 5.39. The molecule has 3 heterocycles. The van der Waals surface area contributed by atoms with E-state index in [1.54, 1.807) is 17.3 Å². The molecule has 0 spiro atoms. The molecular weight excluding hydrogens is 432 g/mol. The minimum Gasteiger partial charge on any atom is -0.444 e. The van der Waals surface area contributed by atoms with Gasteiger partial charge in [-0.2, -0.15) is 5.10 Å². The Balaban J connectivity index is 1.60. The first-order valence-corrected chi connectivity index (χ1v) is 11.6. The van der Waals surface area contributed by atoms with Crippen LogP contribution in [0.2, 0.25) is 0 Å². The number of anilines is 1. The van der Waals surface area contributed by atoms with Crippen LogP contribution in [0.1, 0.15) is 45.5 Å². The number of rotatable bonds is 8. The van der Waals surface area contributed by atoms with Crippen molar-refractivity contribution >= 4 is 11.8 Å². The van der Waals surface area contributed by atoms with E-state index in [-0.39, 0.29) is 18.2 Å². The summed E-state index contributed by atoms with van der Waals surface area (Å²) in [4.78, 5) is 23.7. The second kappa shape index (κ2) is 10.6. The summed E-state index contributed by atoms with van der Waals surface area (Å²) in [6, 6.07) is 13.2. The highest BCUT2D eigenvalue weighted by molar-refractivity contribution is 5.68. The molecule has 2 aromatic heterocycles. The van der Waals surface area contributed by atoms with Gasteiger partial charge in [0.2, 0.25) is 0 Å². The normalized spacial score (nSPS) is 16.7. The van der Waals surface area contributed by atoms with Crippen LogP contribution in [0, 0.1) is 0 Å². The molecule has 180 valence electrons. The van der Waals surface area contributed by atoms with Gasteiger partial charge in [0.1, 0.15) is 17.5 Å². The van der Waals surface area contributed by atoms with Gasteiger partial charge in [-0.1, -0.05) is 18.2 Å². The van der Waals surface area contributed by atoms with Crippen molar-refractivity contribution in [1.29, 1.82) is 0 Å². The lowest BCUT2D eigenvalue weighted by Crippen LogP contribution is -2.44. The Labute approximate surface area is 199 Å². The van der Waals surface area contributed by atoms with E-state index < -0.39 is 5.60 Å². The average Bonchev–Trinajstić information content (AvgIpc) is 3.51. The number of pyridine rings is 1. The zero-order chi connectivity index (χ0) is 24.0. The molecule has 1 aromatic carbocycles. The van der Waals surface area contributed by atoms with Gasteiger partial charge in [-0.15, -0.1) is 0 Å². The summed E-state index contributed by atoms with van der Waals surface area (Å²) in [6.45, 7) is 7.10. The molecule has 2 N–H and O–H groups in total. The minimum absolute atomic E-state index is 0.00741. The molecule has 1 saturated heterocycles. The number of nitrogens with one attached hydrogen (secondary N) is 2. The van der Waals surface area contributed by atoms with Gasteiger partial charge >= 0.3 is 6.09 Å². The van der Waals surface area contributed by atoms with Crippen LogP contribution in [0.3, 0.4) is 0 Å². The lowest BCUT2D eigenvalue weighted by molar-refractivity contribution is 0.00958. The molecule has 0 bridgehead atoms. The van der Waals surface area contributed by atoms with Gasteiger partial charge in [-0.3, -0.25) is 10.1 Å². The summed E-state index contributed by atoms with van der Waals surface area (Å²) >= 11 is 0. The topological polar surface area (TPSA) is 105 Å². The molecule has 1 fully saturated rings.